The monoisotopic (exact) mass is 427 g/mol. The molecule has 3 heterocycles. The number of hydrogen-bond acceptors (Lipinski definition) is 4. The summed E-state index contributed by atoms with van der Waals surface area (Å²) >= 11 is 0. The summed E-state index contributed by atoms with van der Waals surface area (Å²) in [6.45, 7) is -1.98. The van der Waals surface area contributed by atoms with Crippen molar-refractivity contribution in [3.63, 3.8) is 0 Å². The maximum absolute atomic E-state index is 13.4. The molecule has 0 bridgehead atoms. The number of nitrogens with two attached hydrogens (primary N) is 1. The topological polar surface area (TPSA) is 78.2 Å². The second-order valence-corrected chi connectivity index (χ2v) is 5.96. The van der Waals surface area contributed by atoms with Gasteiger partial charge in [0.1, 0.15) is 12.2 Å². The molecule has 156 valence electrons. The van der Waals surface area contributed by atoms with Gasteiger partial charge in [0.05, 0.1) is 11.8 Å². The van der Waals surface area contributed by atoms with Gasteiger partial charge in [0, 0.05) is 29.7 Å². The summed E-state index contributed by atoms with van der Waals surface area (Å²) in [6.07, 6.45) is -8.92. The Hall–Kier alpha value is -3.19. The second kappa shape index (κ2) is 6.42. The zero-order valence-corrected chi connectivity index (χ0v) is 13.9. The molecule has 3 aromatic heterocycles. The fourth-order valence-corrected chi connectivity index (χ4v) is 2.49. The second-order valence-electron chi connectivity index (χ2n) is 5.96. The standard InChI is InChI=1S/C15H9F8N5O/c16-13(17,15(21,22)23)6-27-5-7(4-25-27)10-11(14(18,19)20)26-9-3-8(24)1-2-28(9)12(10)29/h1-5H,6,24H2. The van der Waals surface area contributed by atoms with Crippen LogP contribution in [0.1, 0.15) is 5.69 Å². The van der Waals surface area contributed by atoms with Gasteiger partial charge >= 0.3 is 18.3 Å². The van der Waals surface area contributed by atoms with Crippen LogP contribution in [0.25, 0.3) is 16.8 Å². The van der Waals surface area contributed by atoms with Crippen LogP contribution in [0, 0.1) is 0 Å². The molecule has 0 amide bonds. The van der Waals surface area contributed by atoms with Crippen molar-refractivity contribution in [3.8, 4) is 11.1 Å². The van der Waals surface area contributed by atoms with E-state index in [0.717, 1.165) is 16.7 Å². The molecule has 3 rings (SSSR count). The first kappa shape index (κ1) is 20.5. The molecule has 29 heavy (non-hydrogen) atoms. The highest BCUT2D eigenvalue weighted by molar-refractivity contribution is 5.67. The Kier molecular flexibility index (Phi) is 4.55. The molecular formula is C15H9F8N5O. The predicted molar refractivity (Wildman–Crippen MR) is 83.1 cm³/mol. The molecule has 0 atom stereocenters. The molecule has 0 aliphatic heterocycles. The highest BCUT2D eigenvalue weighted by Crippen LogP contribution is 2.37. The summed E-state index contributed by atoms with van der Waals surface area (Å²) in [7, 11) is 0. The summed E-state index contributed by atoms with van der Waals surface area (Å²) in [5.41, 5.74) is 0.496. The van der Waals surface area contributed by atoms with Gasteiger partial charge < -0.3 is 5.73 Å². The summed E-state index contributed by atoms with van der Waals surface area (Å²) < 4.78 is 104. The highest BCUT2D eigenvalue weighted by Gasteiger charge is 2.57. The molecule has 0 spiro atoms. The number of anilines is 1. The number of nitrogens with zero attached hydrogens (tertiary/aromatic N) is 4. The Bertz CT molecular complexity index is 1130. The minimum absolute atomic E-state index is 0.0278. The van der Waals surface area contributed by atoms with Crippen molar-refractivity contribution in [1.29, 1.82) is 0 Å². The van der Waals surface area contributed by atoms with Crippen LogP contribution in [0.15, 0.2) is 35.5 Å². The van der Waals surface area contributed by atoms with Crippen LogP contribution in [0.5, 0.6) is 0 Å². The number of fused-ring (bicyclic) bond motifs is 1. The fourth-order valence-electron chi connectivity index (χ4n) is 2.49. The minimum atomic E-state index is -5.89. The first-order chi connectivity index (χ1) is 13.2. The maximum atomic E-state index is 13.4. The molecule has 0 unspecified atom stereocenters. The smallest absolute Gasteiger partial charge is 0.399 e. The molecule has 6 nitrogen and oxygen atoms in total. The number of pyridine rings is 1. The number of rotatable bonds is 3. The van der Waals surface area contributed by atoms with Gasteiger partial charge in [-0.05, 0) is 6.07 Å². The third-order valence-corrected chi connectivity index (χ3v) is 3.82. The molecule has 0 fully saturated rings. The zero-order valence-electron chi connectivity index (χ0n) is 13.9. The SMILES string of the molecule is Nc1ccn2c(=O)c(-c3cnn(CC(F)(F)C(F)(F)F)c3)c(C(F)(F)F)nc2c1. The molecule has 0 aliphatic rings. The average Bonchev–Trinajstić information content (AvgIpc) is 2.99. The molecule has 0 aromatic carbocycles. The van der Waals surface area contributed by atoms with Crippen molar-refractivity contribution in [2.75, 3.05) is 5.73 Å². The Morgan fingerprint density at radius 3 is 2.31 bits per heavy atom. The Morgan fingerprint density at radius 2 is 1.72 bits per heavy atom. The van der Waals surface area contributed by atoms with Gasteiger partial charge in [-0.1, -0.05) is 0 Å². The quantitative estimate of drug-likeness (QED) is 0.651. The van der Waals surface area contributed by atoms with Gasteiger partial charge in [-0.25, -0.2) is 4.98 Å². The lowest BCUT2D eigenvalue weighted by molar-refractivity contribution is -0.287. The number of halogens is 8. The predicted octanol–water partition coefficient (Wildman–Crippen LogP) is 3.36. The van der Waals surface area contributed by atoms with Crippen LogP contribution < -0.4 is 11.3 Å². The van der Waals surface area contributed by atoms with Gasteiger partial charge in [-0.3, -0.25) is 13.9 Å². The van der Waals surface area contributed by atoms with Crippen LogP contribution in [-0.4, -0.2) is 31.3 Å². The lowest BCUT2D eigenvalue weighted by Gasteiger charge is -2.19. The van der Waals surface area contributed by atoms with Crippen molar-refractivity contribution in [2.45, 2.75) is 24.8 Å². The summed E-state index contributed by atoms with van der Waals surface area (Å²) in [5, 5.41) is 3.22. The van der Waals surface area contributed by atoms with E-state index in [1.54, 1.807) is 0 Å². The summed E-state index contributed by atoms with van der Waals surface area (Å²) in [5.74, 6) is -5.18. The number of hydrogen-bond donors (Lipinski definition) is 1. The van der Waals surface area contributed by atoms with Gasteiger partial charge in [0.15, 0.2) is 5.69 Å². The molecule has 2 N–H and O–H groups in total. The summed E-state index contributed by atoms with van der Waals surface area (Å²) in [4.78, 5) is 15.9. The van der Waals surface area contributed by atoms with E-state index < -0.39 is 52.8 Å². The molecule has 0 radical (unpaired) electrons. The molecular weight excluding hydrogens is 418 g/mol. The number of nitrogen functional groups attached to an aromatic ring is 1. The van der Waals surface area contributed by atoms with Crippen LogP contribution >= 0.6 is 0 Å². The number of alkyl halides is 8. The lowest BCUT2D eigenvalue weighted by Crippen LogP contribution is -2.40. The molecule has 14 heteroatoms. The minimum Gasteiger partial charge on any atom is -0.399 e. The van der Waals surface area contributed by atoms with Gasteiger partial charge in [0.2, 0.25) is 0 Å². The van der Waals surface area contributed by atoms with Crippen LogP contribution in [0.2, 0.25) is 0 Å². The Labute approximate surface area is 155 Å². The van der Waals surface area contributed by atoms with Gasteiger partial charge in [-0.15, -0.1) is 0 Å². The van der Waals surface area contributed by atoms with E-state index in [-0.39, 0.29) is 10.4 Å². The lowest BCUT2D eigenvalue weighted by atomic mass is 10.1. The van der Waals surface area contributed by atoms with E-state index in [4.69, 9.17) is 5.73 Å². The maximum Gasteiger partial charge on any atom is 0.455 e. The Morgan fingerprint density at radius 1 is 1.07 bits per heavy atom. The largest absolute Gasteiger partial charge is 0.455 e. The van der Waals surface area contributed by atoms with Crippen molar-refractivity contribution < 1.29 is 35.1 Å². The van der Waals surface area contributed by atoms with E-state index in [2.05, 4.69) is 10.1 Å². The summed E-state index contributed by atoms with van der Waals surface area (Å²) in [6, 6.07) is 2.22. The van der Waals surface area contributed by atoms with Crippen molar-refractivity contribution in [2.24, 2.45) is 0 Å². The number of aromatic nitrogens is 4. The zero-order chi connectivity index (χ0) is 21.8. The Balaban J connectivity index is 2.18. The van der Waals surface area contributed by atoms with Crippen LogP contribution in [-0.2, 0) is 12.7 Å². The molecule has 0 saturated carbocycles. The first-order valence-electron chi connectivity index (χ1n) is 7.57. The van der Waals surface area contributed by atoms with Crippen LogP contribution in [0.4, 0.5) is 40.8 Å². The van der Waals surface area contributed by atoms with Gasteiger partial charge in [-0.2, -0.15) is 40.2 Å². The van der Waals surface area contributed by atoms with Gasteiger partial charge in [0.25, 0.3) is 5.56 Å². The molecule has 3 aromatic rings. The van der Waals surface area contributed by atoms with E-state index in [1.165, 1.54) is 6.07 Å². The van der Waals surface area contributed by atoms with Crippen molar-refractivity contribution >= 4 is 11.3 Å². The van der Waals surface area contributed by atoms with Crippen molar-refractivity contribution in [1.82, 2.24) is 19.2 Å². The highest BCUT2D eigenvalue weighted by atomic mass is 19.4. The van der Waals surface area contributed by atoms with Crippen molar-refractivity contribution in [3.05, 3.63) is 46.8 Å². The molecule has 0 saturated heterocycles. The fraction of sp³-hybridized carbons (Fsp3) is 0.267. The van der Waals surface area contributed by atoms with Crippen LogP contribution in [0.3, 0.4) is 0 Å². The van der Waals surface area contributed by atoms with E-state index in [9.17, 15) is 39.9 Å². The normalized spacial score (nSPS) is 13.2. The third-order valence-electron chi connectivity index (χ3n) is 3.82. The van der Waals surface area contributed by atoms with E-state index in [0.29, 0.717) is 12.4 Å². The third kappa shape index (κ3) is 3.73. The molecule has 0 aliphatic carbocycles. The average molecular weight is 427 g/mol. The van der Waals surface area contributed by atoms with E-state index >= 15 is 0 Å². The van der Waals surface area contributed by atoms with E-state index in [1.807, 2.05) is 0 Å². The first-order valence-corrected chi connectivity index (χ1v) is 7.57.